The van der Waals surface area contributed by atoms with Crippen molar-refractivity contribution in [1.29, 1.82) is 0 Å². The van der Waals surface area contributed by atoms with Gasteiger partial charge in [-0.25, -0.2) is 0 Å². The summed E-state index contributed by atoms with van der Waals surface area (Å²) in [5.41, 5.74) is 7.70. The van der Waals surface area contributed by atoms with Gasteiger partial charge >= 0.3 is 0 Å². The molecule has 6 fully saturated rings. The van der Waals surface area contributed by atoms with E-state index in [1.807, 2.05) is 24.3 Å². The molecule has 4 aromatic rings. The highest BCUT2D eigenvalue weighted by Gasteiger charge is 2.29. The summed E-state index contributed by atoms with van der Waals surface area (Å²) in [7, 11) is 0. The Labute approximate surface area is 275 Å². The van der Waals surface area contributed by atoms with Gasteiger partial charge in [0.2, 0.25) is 0 Å². The Bertz CT molecular complexity index is 1470. The first-order valence-electron chi connectivity index (χ1n) is 16.5. The van der Waals surface area contributed by atoms with Crippen LogP contribution in [0.25, 0.3) is 0 Å². The monoisotopic (exact) mass is 636 g/mol. The summed E-state index contributed by atoms with van der Waals surface area (Å²) in [5, 5.41) is 0. The molecule has 0 radical (unpaired) electrons. The lowest BCUT2D eigenvalue weighted by Gasteiger charge is -2.07. The molecular weight excluding hydrogens is 596 g/mol. The van der Waals surface area contributed by atoms with Gasteiger partial charge in [0.25, 0.3) is 0 Å². The van der Waals surface area contributed by atoms with Crippen molar-refractivity contribution in [3.63, 3.8) is 0 Å². The van der Waals surface area contributed by atoms with E-state index in [1.54, 1.807) is 0 Å². The third kappa shape index (κ3) is 9.64. The minimum Gasteiger partial charge on any atom is -0.491 e. The molecule has 0 saturated carbocycles. The molecule has 6 aliphatic heterocycles. The number of hydrogen-bond acceptors (Lipinski definition) is 8. The van der Waals surface area contributed by atoms with Crippen LogP contribution in [-0.2, 0) is 34.8 Å². The highest BCUT2D eigenvalue weighted by atomic mass is 16.6. The molecule has 6 unspecified atom stereocenters. The number of epoxide rings is 6. The molecule has 8 nitrogen and oxygen atoms in total. The molecule has 0 aliphatic carbocycles. The van der Waals surface area contributed by atoms with Crippen molar-refractivity contribution in [3.8, 4) is 11.5 Å². The number of rotatable bonds is 12. The van der Waals surface area contributed by atoms with Gasteiger partial charge in [-0.05, 0) is 64.1 Å². The second-order valence-corrected chi connectivity index (χ2v) is 12.6. The zero-order valence-electron chi connectivity index (χ0n) is 26.3. The van der Waals surface area contributed by atoms with E-state index in [0.29, 0.717) is 49.8 Å². The van der Waals surface area contributed by atoms with Crippen molar-refractivity contribution >= 4 is 0 Å². The van der Waals surface area contributed by atoms with Crippen LogP contribution in [0.15, 0.2) is 97.1 Å². The van der Waals surface area contributed by atoms with Crippen LogP contribution in [0.5, 0.6) is 11.5 Å². The van der Waals surface area contributed by atoms with Crippen LogP contribution in [0.1, 0.15) is 57.8 Å². The van der Waals surface area contributed by atoms with Crippen LogP contribution < -0.4 is 9.47 Å². The predicted molar refractivity (Wildman–Crippen MR) is 174 cm³/mol. The van der Waals surface area contributed by atoms with Gasteiger partial charge < -0.3 is 37.9 Å². The van der Waals surface area contributed by atoms with Gasteiger partial charge in [-0.15, -0.1) is 0 Å². The van der Waals surface area contributed by atoms with E-state index in [-0.39, 0.29) is 0 Å². The van der Waals surface area contributed by atoms with E-state index in [4.69, 9.17) is 37.9 Å². The maximum Gasteiger partial charge on any atom is 0.119 e. The maximum absolute atomic E-state index is 5.65. The average molecular weight is 637 g/mol. The SMILES string of the molecule is c1cc(C2CO2)cc(C2CO2)c1.c1cc(C2CO2)ccc1C1CO1.c1cc(OCC2CO2)ccc1Cc1ccc(OCC2CO2)cc1. The van der Waals surface area contributed by atoms with Crippen LogP contribution in [0.2, 0.25) is 0 Å². The highest BCUT2D eigenvalue weighted by molar-refractivity contribution is 5.34. The third-order valence-corrected chi connectivity index (χ3v) is 8.60. The van der Waals surface area contributed by atoms with Crippen LogP contribution in [0.4, 0.5) is 0 Å². The molecule has 6 heterocycles. The van der Waals surface area contributed by atoms with Crippen molar-refractivity contribution in [2.24, 2.45) is 0 Å². The average Bonchev–Trinajstić information content (AvgIpc) is 3.92. The van der Waals surface area contributed by atoms with E-state index in [0.717, 1.165) is 57.6 Å². The van der Waals surface area contributed by atoms with Crippen molar-refractivity contribution in [2.45, 2.75) is 43.0 Å². The Kier molecular flexibility index (Phi) is 9.21. The third-order valence-electron chi connectivity index (χ3n) is 8.60. The molecule has 0 N–H and O–H groups in total. The molecule has 4 aromatic carbocycles. The molecule has 0 aromatic heterocycles. The first kappa shape index (κ1) is 30.6. The fourth-order valence-corrected chi connectivity index (χ4v) is 5.20. The zero-order valence-corrected chi connectivity index (χ0v) is 26.3. The summed E-state index contributed by atoms with van der Waals surface area (Å²) in [5.74, 6) is 1.80. The van der Waals surface area contributed by atoms with Gasteiger partial charge in [-0.3, -0.25) is 0 Å². The van der Waals surface area contributed by atoms with Crippen LogP contribution >= 0.6 is 0 Å². The number of ether oxygens (including phenoxy) is 8. The summed E-state index contributed by atoms with van der Waals surface area (Å²) >= 11 is 0. The fraction of sp³-hybridized carbons (Fsp3) is 0.385. The molecule has 0 amide bonds. The molecule has 6 saturated heterocycles. The van der Waals surface area contributed by atoms with E-state index >= 15 is 0 Å². The van der Waals surface area contributed by atoms with Crippen molar-refractivity contribution in [3.05, 3.63) is 130 Å². The standard InChI is InChI=1S/C19H20O4.2C10H10O2/c1-5-16(20-10-18-12-22-18)6-2-14(1)9-15-3-7-17(8-4-15)21-11-19-13-23-19;1-2-8(10-6-12-10)4-3-7(1)9-5-11-9;1-2-7(9-5-11-9)4-8(3-1)10-6-12-10/h1-8,18-19H,9-13H2;2*1-4,9-10H,5-6H2. The van der Waals surface area contributed by atoms with Gasteiger partial charge in [0.05, 0.1) is 39.6 Å². The Morgan fingerprint density at radius 2 is 0.787 bits per heavy atom. The Hall–Kier alpha value is -3.76. The predicted octanol–water partition coefficient (Wildman–Crippen LogP) is 6.49. The van der Waals surface area contributed by atoms with Gasteiger partial charge in [-0.1, -0.05) is 72.8 Å². The highest BCUT2D eigenvalue weighted by Crippen LogP contribution is 2.35. The fourth-order valence-electron chi connectivity index (χ4n) is 5.20. The van der Waals surface area contributed by atoms with Crippen molar-refractivity contribution in [1.82, 2.24) is 0 Å². The van der Waals surface area contributed by atoms with Gasteiger partial charge in [0, 0.05) is 0 Å². The van der Waals surface area contributed by atoms with E-state index in [9.17, 15) is 0 Å². The van der Waals surface area contributed by atoms with E-state index < -0.39 is 0 Å². The molecule has 6 atom stereocenters. The van der Waals surface area contributed by atoms with Gasteiger partial charge in [0.15, 0.2) is 0 Å². The molecule has 0 bridgehead atoms. The molecule has 8 heteroatoms. The Morgan fingerprint density at radius 3 is 1.13 bits per heavy atom. The van der Waals surface area contributed by atoms with Crippen LogP contribution in [0.3, 0.4) is 0 Å². The van der Waals surface area contributed by atoms with Crippen molar-refractivity contribution < 1.29 is 37.9 Å². The molecule has 10 rings (SSSR count). The summed E-state index contributed by atoms with van der Waals surface area (Å²) in [6.45, 7) is 6.48. The van der Waals surface area contributed by atoms with Gasteiger partial charge in [0.1, 0.15) is 61.3 Å². The summed E-state index contributed by atoms with van der Waals surface area (Å²) in [6.07, 6.45) is 2.97. The molecule has 47 heavy (non-hydrogen) atoms. The van der Waals surface area contributed by atoms with Crippen LogP contribution in [-0.4, -0.2) is 65.1 Å². The smallest absolute Gasteiger partial charge is 0.119 e. The molecular formula is C39H40O8. The second-order valence-electron chi connectivity index (χ2n) is 12.6. The first-order chi connectivity index (χ1) is 23.2. The Morgan fingerprint density at radius 1 is 0.426 bits per heavy atom. The summed E-state index contributed by atoms with van der Waals surface area (Å²) in [4.78, 5) is 0. The molecule has 0 spiro atoms. The van der Waals surface area contributed by atoms with E-state index in [1.165, 1.54) is 33.4 Å². The minimum atomic E-state index is 0.293. The first-order valence-corrected chi connectivity index (χ1v) is 16.5. The second kappa shape index (κ2) is 14.2. The molecule has 244 valence electrons. The van der Waals surface area contributed by atoms with Gasteiger partial charge in [-0.2, -0.15) is 0 Å². The van der Waals surface area contributed by atoms with Crippen LogP contribution in [0, 0.1) is 0 Å². The lowest BCUT2D eigenvalue weighted by atomic mass is 10.0. The van der Waals surface area contributed by atoms with Crippen molar-refractivity contribution in [2.75, 3.05) is 52.9 Å². The topological polar surface area (TPSA) is 93.6 Å². The Balaban J connectivity index is 0.000000113. The molecule has 6 aliphatic rings. The minimum absolute atomic E-state index is 0.293. The summed E-state index contributed by atoms with van der Waals surface area (Å²) in [6, 6.07) is 33.5. The lowest BCUT2D eigenvalue weighted by Crippen LogP contribution is -2.04. The lowest BCUT2D eigenvalue weighted by molar-refractivity contribution is 0.263. The summed E-state index contributed by atoms with van der Waals surface area (Å²) < 4.78 is 42.3. The van der Waals surface area contributed by atoms with E-state index in [2.05, 4.69) is 72.8 Å². The quantitative estimate of drug-likeness (QED) is 0.163. The maximum atomic E-state index is 5.65. The number of hydrogen-bond donors (Lipinski definition) is 0. The zero-order chi connectivity index (χ0) is 31.4. The largest absolute Gasteiger partial charge is 0.491 e. The number of benzene rings is 4. The normalized spacial score (nSPS) is 26.8.